The fourth-order valence-corrected chi connectivity index (χ4v) is 2.87. The lowest BCUT2D eigenvalue weighted by atomic mass is 9.96. The van der Waals surface area contributed by atoms with Crippen molar-refractivity contribution in [2.75, 3.05) is 6.61 Å². The second-order valence-corrected chi connectivity index (χ2v) is 5.16. The van der Waals surface area contributed by atoms with Gasteiger partial charge < -0.3 is 4.74 Å². The van der Waals surface area contributed by atoms with Gasteiger partial charge in [0.2, 0.25) is 0 Å². The second kappa shape index (κ2) is 5.88. The van der Waals surface area contributed by atoms with Gasteiger partial charge in [-0.25, -0.2) is 0 Å². The lowest BCUT2D eigenvalue weighted by Crippen LogP contribution is -2.13. The average molecular weight is 253 g/mol. The SMILES string of the molecule is CCc1ccc(C(Cl)C2CCCO2)cc1CC. The number of hydrogen-bond acceptors (Lipinski definition) is 1. The van der Waals surface area contributed by atoms with Crippen molar-refractivity contribution in [2.24, 2.45) is 0 Å². The molecule has 94 valence electrons. The number of halogens is 1. The first-order valence-corrected chi connectivity index (χ1v) is 7.07. The molecule has 0 radical (unpaired) electrons. The summed E-state index contributed by atoms with van der Waals surface area (Å²) in [6.07, 6.45) is 4.60. The third kappa shape index (κ3) is 2.83. The third-order valence-corrected chi connectivity index (χ3v) is 4.13. The van der Waals surface area contributed by atoms with E-state index in [1.807, 2.05) is 0 Å². The minimum absolute atomic E-state index is 0.00806. The zero-order valence-electron chi connectivity index (χ0n) is 10.7. The Labute approximate surface area is 109 Å². The summed E-state index contributed by atoms with van der Waals surface area (Å²) in [6.45, 7) is 5.27. The molecule has 0 aliphatic carbocycles. The molecule has 0 aromatic heterocycles. The van der Waals surface area contributed by atoms with Crippen LogP contribution in [0.25, 0.3) is 0 Å². The van der Waals surface area contributed by atoms with Crippen LogP contribution in [0.5, 0.6) is 0 Å². The van der Waals surface area contributed by atoms with E-state index in [1.165, 1.54) is 16.7 Å². The van der Waals surface area contributed by atoms with Gasteiger partial charge in [0.25, 0.3) is 0 Å². The molecular weight excluding hydrogens is 232 g/mol. The number of rotatable bonds is 4. The molecule has 1 aromatic rings. The van der Waals surface area contributed by atoms with E-state index >= 15 is 0 Å². The Morgan fingerprint density at radius 1 is 1.29 bits per heavy atom. The second-order valence-electron chi connectivity index (χ2n) is 4.69. The Morgan fingerprint density at radius 3 is 2.65 bits per heavy atom. The fraction of sp³-hybridized carbons (Fsp3) is 0.600. The van der Waals surface area contributed by atoms with Gasteiger partial charge in [-0.05, 0) is 42.4 Å². The number of benzene rings is 1. The van der Waals surface area contributed by atoms with E-state index in [2.05, 4.69) is 32.0 Å². The molecule has 0 amide bonds. The molecule has 0 bridgehead atoms. The normalized spacial score (nSPS) is 21.7. The van der Waals surface area contributed by atoms with Gasteiger partial charge in [-0.1, -0.05) is 32.0 Å². The van der Waals surface area contributed by atoms with Crippen molar-refractivity contribution in [1.82, 2.24) is 0 Å². The third-order valence-electron chi connectivity index (χ3n) is 3.60. The number of hydrogen-bond donors (Lipinski definition) is 0. The Kier molecular flexibility index (Phi) is 4.47. The van der Waals surface area contributed by atoms with Crippen molar-refractivity contribution in [2.45, 2.75) is 51.0 Å². The summed E-state index contributed by atoms with van der Waals surface area (Å²) in [7, 11) is 0. The zero-order valence-corrected chi connectivity index (χ0v) is 11.5. The molecule has 0 N–H and O–H groups in total. The molecule has 1 aliphatic heterocycles. The van der Waals surface area contributed by atoms with Crippen LogP contribution in [0.4, 0.5) is 0 Å². The summed E-state index contributed by atoms with van der Waals surface area (Å²) in [5.74, 6) is 0. The van der Waals surface area contributed by atoms with Gasteiger partial charge in [-0.15, -0.1) is 11.6 Å². The van der Waals surface area contributed by atoms with Gasteiger partial charge in [0.15, 0.2) is 0 Å². The van der Waals surface area contributed by atoms with Crippen LogP contribution in [-0.2, 0) is 17.6 Å². The average Bonchev–Trinajstić information content (AvgIpc) is 2.90. The van der Waals surface area contributed by atoms with Gasteiger partial charge in [-0.2, -0.15) is 0 Å². The molecule has 2 heteroatoms. The highest BCUT2D eigenvalue weighted by molar-refractivity contribution is 6.21. The van der Waals surface area contributed by atoms with Crippen LogP contribution in [0, 0.1) is 0 Å². The summed E-state index contributed by atoms with van der Waals surface area (Å²) in [6, 6.07) is 6.65. The standard InChI is InChI=1S/C15H21ClO/c1-3-11-7-8-13(10-12(11)4-2)15(16)14-6-5-9-17-14/h7-8,10,14-15H,3-6,9H2,1-2H3. The molecule has 0 saturated carbocycles. The van der Waals surface area contributed by atoms with Gasteiger partial charge in [0.05, 0.1) is 11.5 Å². The highest BCUT2D eigenvalue weighted by Crippen LogP contribution is 2.33. The maximum Gasteiger partial charge on any atom is 0.0847 e. The van der Waals surface area contributed by atoms with Crippen molar-refractivity contribution in [3.05, 3.63) is 34.9 Å². The Hall–Kier alpha value is -0.530. The van der Waals surface area contributed by atoms with Crippen molar-refractivity contribution >= 4 is 11.6 Å². The van der Waals surface area contributed by atoms with Crippen LogP contribution in [0.3, 0.4) is 0 Å². The van der Waals surface area contributed by atoms with Crippen LogP contribution in [0.2, 0.25) is 0 Å². The predicted octanol–water partition coefficient (Wildman–Crippen LogP) is 4.27. The molecule has 2 unspecified atom stereocenters. The molecule has 17 heavy (non-hydrogen) atoms. The van der Waals surface area contributed by atoms with Crippen LogP contribution in [-0.4, -0.2) is 12.7 Å². The van der Waals surface area contributed by atoms with Gasteiger partial charge in [0.1, 0.15) is 0 Å². The molecule has 1 heterocycles. The topological polar surface area (TPSA) is 9.23 Å². The molecule has 1 aliphatic rings. The van der Waals surface area contributed by atoms with E-state index in [0.29, 0.717) is 0 Å². The Bertz CT molecular complexity index is 369. The lowest BCUT2D eigenvalue weighted by molar-refractivity contribution is 0.107. The minimum Gasteiger partial charge on any atom is -0.376 e. The smallest absolute Gasteiger partial charge is 0.0847 e. The van der Waals surface area contributed by atoms with Crippen LogP contribution in [0.15, 0.2) is 18.2 Å². The van der Waals surface area contributed by atoms with Gasteiger partial charge in [0, 0.05) is 6.61 Å². The van der Waals surface area contributed by atoms with Crippen molar-refractivity contribution in [3.8, 4) is 0 Å². The molecule has 2 rings (SSSR count). The molecule has 1 saturated heterocycles. The summed E-state index contributed by atoms with van der Waals surface area (Å²) in [4.78, 5) is 0. The Balaban J connectivity index is 2.20. The van der Waals surface area contributed by atoms with Gasteiger partial charge in [-0.3, -0.25) is 0 Å². The van der Waals surface area contributed by atoms with E-state index in [9.17, 15) is 0 Å². The Morgan fingerprint density at radius 2 is 2.06 bits per heavy atom. The fourth-order valence-electron chi connectivity index (χ4n) is 2.54. The molecule has 2 atom stereocenters. The van der Waals surface area contributed by atoms with E-state index in [0.717, 1.165) is 32.3 Å². The first-order valence-electron chi connectivity index (χ1n) is 6.63. The number of ether oxygens (including phenoxy) is 1. The van der Waals surface area contributed by atoms with Crippen LogP contribution in [0.1, 0.15) is 48.8 Å². The molecule has 1 nitrogen and oxygen atoms in total. The summed E-state index contributed by atoms with van der Waals surface area (Å²) in [5.41, 5.74) is 4.08. The van der Waals surface area contributed by atoms with Crippen LogP contribution >= 0.6 is 11.6 Å². The largest absolute Gasteiger partial charge is 0.376 e. The van der Waals surface area contributed by atoms with E-state index < -0.39 is 0 Å². The van der Waals surface area contributed by atoms with E-state index in [4.69, 9.17) is 16.3 Å². The van der Waals surface area contributed by atoms with Crippen LogP contribution < -0.4 is 0 Å². The summed E-state index contributed by atoms with van der Waals surface area (Å²) < 4.78 is 5.67. The molecule has 0 spiro atoms. The lowest BCUT2D eigenvalue weighted by Gasteiger charge is -2.18. The summed E-state index contributed by atoms with van der Waals surface area (Å²) in [5, 5.41) is 0.00806. The molecule has 1 aromatic carbocycles. The highest BCUT2D eigenvalue weighted by Gasteiger charge is 2.25. The van der Waals surface area contributed by atoms with Crippen molar-refractivity contribution in [1.29, 1.82) is 0 Å². The zero-order chi connectivity index (χ0) is 12.3. The maximum absolute atomic E-state index is 6.51. The van der Waals surface area contributed by atoms with Crippen molar-refractivity contribution < 1.29 is 4.74 Å². The molecular formula is C15H21ClO. The maximum atomic E-state index is 6.51. The monoisotopic (exact) mass is 252 g/mol. The highest BCUT2D eigenvalue weighted by atomic mass is 35.5. The minimum atomic E-state index is 0.00806. The number of alkyl halides is 1. The quantitative estimate of drug-likeness (QED) is 0.728. The van der Waals surface area contributed by atoms with E-state index in [-0.39, 0.29) is 11.5 Å². The van der Waals surface area contributed by atoms with Gasteiger partial charge >= 0.3 is 0 Å². The summed E-state index contributed by atoms with van der Waals surface area (Å²) >= 11 is 6.51. The van der Waals surface area contributed by atoms with Crippen molar-refractivity contribution in [3.63, 3.8) is 0 Å². The predicted molar refractivity (Wildman–Crippen MR) is 72.8 cm³/mol. The first kappa shape index (κ1) is 12.9. The van der Waals surface area contributed by atoms with E-state index in [1.54, 1.807) is 0 Å². The molecule has 1 fully saturated rings. The first-order chi connectivity index (χ1) is 8.26. The number of aryl methyl sites for hydroxylation is 2.